The summed E-state index contributed by atoms with van der Waals surface area (Å²) in [6.07, 6.45) is 2.11. The molecule has 3 N–H and O–H groups in total. The molecular formula is C16H21N3O2. The first-order valence-electron chi connectivity index (χ1n) is 7.53. The van der Waals surface area contributed by atoms with E-state index >= 15 is 0 Å². The zero-order valence-electron chi connectivity index (χ0n) is 12.0. The molecule has 1 fully saturated rings. The number of hydrogen-bond acceptors (Lipinski definition) is 3. The lowest BCUT2D eigenvalue weighted by Crippen LogP contribution is -2.52. The molecule has 1 atom stereocenters. The Hall–Kier alpha value is -1.88. The first-order chi connectivity index (χ1) is 10.1. The Kier molecular flexibility index (Phi) is 3.92. The first kappa shape index (κ1) is 14.1. The average molecular weight is 287 g/mol. The van der Waals surface area contributed by atoms with Crippen LogP contribution in [0, 0.1) is 5.92 Å². The maximum atomic E-state index is 12.6. The third kappa shape index (κ3) is 2.93. The highest BCUT2D eigenvalue weighted by Crippen LogP contribution is 2.21. The van der Waals surface area contributed by atoms with E-state index in [-0.39, 0.29) is 23.8 Å². The number of piperidine rings is 1. The molecule has 5 nitrogen and oxygen atoms in total. The third-order valence-corrected chi connectivity index (χ3v) is 4.59. The van der Waals surface area contributed by atoms with Crippen LogP contribution in [0.2, 0.25) is 0 Å². The molecule has 21 heavy (non-hydrogen) atoms. The van der Waals surface area contributed by atoms with Gasteiger partial charge in [-0.25, -0.2) is 0 Å². The molecule has 2 heterocycles. The number of carbonyl (C=O) groups excluding carboxylic acids is 2. The van der Waals surface area contributed by atoms with Crippen molar-refractivity contribution >= 4 is 11.8 Å². The normalized spacial score (nSPS) is 22.7. The zero-order chi connectivity index (χ0) is 14.8. The number of amides is 2. The zero-order valence-corrected chi connectivity index (χ0v) is 12.0. The van der Waals surface area contributed by atoms with E-state index in [9.17, 15) is 9.59 Å². The van der Waals surface area contributed by atoms with Crippen LogP contribution in [-0.4, -0.2) is 35.8 Å². The second kappa shape index (κ2) is 5.85. The van der Waals surface area contributed by atoms with Gasteiger partial charge < -0.3 is 16.0 Å². The van der Waals surface area contributed by atoms with Crippen LogP contribution in [0.3, 0.4) is 0 Å². The van der Waals surface area contributed by atoms with Crippen molar-refractivity contribution < 1.29 is 9.59 Å². The van der Waals surface area contributed by atoms with Crippen molar-refractivity contribution in [2.75, 3.05) is 13.1 Å². The van der Waals surface area contributed by atoms with Crippen LogP contribution in [0.1, 0.15) is 24.0 Å². The molecule has 0 unspecified atom stereocenters. The second-order valence-corrected chi connectivity index (χ2v) is 5.91. The summed E-state index contributed by atoms with van der Waals surface area (Å²) >= 11 is 0. The second-order valence-electron chi connectivity index (χ2n) is 5.91. The van der Waals surface area contributed by atoms with Gasteiger partial charge in [0.25, 0.3) is 0 Å². The van der Waals surface area contributed by atoms with Gasteiger partial charge in [-0.05, 0) is 30.4 Å². The maximum Gasteiger partial charge on any atom is 0.240 e. The summed E-state index contributed by atoms with van der Waals surface area (Å²) in [5, 5.41) is 3.32. The van der Waals surface area contributed by atoms with Gasteiger partial charge in [-0.2, -0.15) is 0 Å². The van der Waals surface area contributed by atoms with Crippen LogP contribution in [-0.2, 0) is 22.6 Å². The van der Waals surface area contributed by atoms with Crippen LogP contribution >= 0.6 is 0 Å². The van der Waals surface area contributed by atoms with E-state index in [1.54, 1.807) is 0 Å². The Balaban J connectivity index is 1.61. The van der Waals surface area contributed by atoms with Gasteiger partial charge in [-0.1, -0.05) is 24.3 Å². The maximum absolute atomic E-state index is 12.6. The summed E-state index contributed by atoms with van der Waals surface area (Å²) in [5.41, 5.74) is 7.85. The molecule has 2 amide bonds. The molecular weight excluding hydrogens is 266 g/mol. The van der Waals surface area contributed by atoms with Crippen molar-refractivity contribution in [3.63, 3.8) is 0 Å². The minimum absolute atomic E-state index is 0.0749. The van der Waals surface area contributed by atoms with E-state index in [1.165, 1.54) is 11.1 Å². The van der Waals surface area contributed by atoms with Crippen LogP contribution < -0.4 is 11.1 Å². The molecule has 0 saturated carbocycles. The number of fused-ring (bicyclic) bond motifs is 1. The smallest absolute Gasteiger partial charge is 0.240 e. The van der Waals surface area contributed by atoms with E-state index in [4.69, 9.17) is 5.73 Å². The minimum atomic E-state index is -0.244. The molecule has 1 aromatic carbocycles. The molecule has 5 heteroatoms. The lowest BCUT2D eigenvalue weighted by Gasteiger charge is -2.35. The van der Waals surface area contributed by atoms with Crippen molar-refractivity contribution in [1.29, 1.82) is 0 Å². The number of nitrogens with one attached hydrogen (secondary N) is 1. The van der Waals surface area contributed by atoms with Crippen molar-refractivity contribution in [1.82, 2.24) is 10.2 Å². The van der Waals surface area contributed by atoms with Crippen molar-refractivity contribution in [3.05, 3.63) is 35.4 Å². The molecule has 0 aromatic heterocycles. The predicted molar refractivity (Wildman–Crippen MR) is 79.3 cm³/mol. The van der Waals surface area contributed by atoms with E-state index in [0.29, 0.717) is 25.9 Å². The molecule has 0 spiro atoms. The number of nitrogens with zero attached hydrogens (tertiary/aromatic N) is 1. The van der Waals surface area contributed by atoms with Gasteiger partial charge in [0, 0.05) is 25.6 Å². The number of nitrogens with two attached hydrogens (primary N) is 1. The Bertz CT molecular complexity index is 550. The highest BCUT2D eigenvalue weighted by Gasteiger charge is 2.31. The van der Waals surface area contributed by atoms with Crippen molar-refractivity contribution in [3.8, 4) is 0 Å². The highest BCUT2D eigenvalue weighted by atomic mass is 16.2. The lowest BCUT2D eigenvalue weighted by atomic mass is 9.93. The van der Waals surface area contributed by atoms with Crippen LogP contribution in [0.25, 0.3) is 0 Å². The number of benzene rings is 1. The quantitative estimate of drug-likeness (QED) is 0.828. The summed E-state index contributed by atoms with van der Waals surface area (Å²) in [5.74, 6) is -0.173. The van der Waals surface area contributed by atoms with Crippen molar-refractivity contribution in [2.45, 2.75) is 31.8 Å². The third-order valence-electron chi connectivity index (χ3n) is 4.59. The van der Waals surface area contributed by atoms with Crippen LogP contribution in [0.15, 0.2) is 24.3 Å². The van der Waals surface area contributed by atoms with Gasteiger partial charge >= 0.3 is 0 Å². The van der Waals surface area contributed by atoms with E-state index in [1.807, 2.05) is 17.0 Å². The Morgan fingerprint density at radius 1 is 1.14 bits per heavy atom. The SMILES string of the molecule is NC(=O)C1CCN(C(=O)[C@@H]2Cc3ccccc3CN2)CC1. The lowest BCUT2D eigenvalue weighted by molar-refractivity contribution is -0.137. The number of likely N-dealkylation sites (tertiary alicyclic amines) is 1. The van der Waals surface area contributed by atoms with Gasteiger partial charge in [0.1, 0.15) is 0 Å². The molecule has 1 aromatic rings. The summed E-state index contributed by atoms with van der Waals surface area (Å²) in [4.78, 5) is 25.6. The largest absolute Gasteiger partial charge is 0.369 e. The van der Waals surface area contributed by atoms with Gasteiger partial charge in [-0.3, -0.25) is 9.59 Å². The summed E-state index contributed by atoms with van der Waals surface area (Å²) in [6, 6.07) is 8.09. The monoisotopic (exact) mass is 287 g/mol. The van der Waals surface area contributed by atoms with Gasteiger partial charge in [-0.15, -0.1) is 0 Å². The predicted octanol–water partition coefficient (Wildman–Crippen LogP) is 0.425. The Labute approximate surface area is 124 Å². The molecule has 0 radical (unpaired) electrons. The Morgan fingerprint density at radius 3 is 2.48 bits per heavy atom. The van der Waals surface area contributed by atoms with E-state index in [2.05, 4.69) is 17.4 Å². The number of primary amides is 1. The topological polar surface area (TPSA) is 75.4 Å². The molecule has 1 saturated heterocycles. The molecule has 2 aliphatic rings. The minimum Gasteiger partial charge on any atom is -0.369 e. The fraction of sp³-hybridized carbons (Fsp3) is 0.500. The molecule has 0 aliphatic carbocycles. The van der Waals surface area contributed by atoms with Crippen molar-refractivity contribution in [2.24, 2.45) is 11.7 Å². The van der Waals surface area contributed by atoms with Crippen LogP contribution in [0.4, 0.5) is 0 Å². The summed E-state index contributed by atoms with van der Waals surface area (Å²) in [7, 11) is 0. The number of carbonyl (C=O) groups is 2. The number of hydrogen-bond donors (Lipinski definition) is 2. The van der Waals surface area contributed by atoms with Crippen LogP contribution in [0.5, 0.6) is 0 Å². The standard InChI is InChI=1S/C16H21N3O2/c17-15(20)11-5-7-19(8-6-11)16(21)14-9-12-3-1-2-4-13(12)10-18-14/h1-4,11,14,18H,5-10H2,(H2,17,20)/t14-/m0/s1. The fourth-order valence-corrected chi connectivity index (χ4v) is 3.23. The summed E-state index contributed by atoms with van der Waals surface area (Å²) in [6.45, 7) is 2.00. The van der Waals surface area contributed by atoms with Gasteiger partial charge in [0.05, 0.1) is 6.04 Å². The summed E-state index contributed by atoms with van der Waals surface area (Å²) < 4.78 is 0. The van der Waals surface area contributed by atoms with Gasteiger partial charge in [0.2, 0.25) is 11.8 Å². The number of rotatable bonds is 2. The molecule has 2 aliphatic heterocycles. The van der Waals surface area contributed by atoms with E-state index in [0.717, 1.165) is 13.0 Å². The Morgan fingerprint density at radius 2 is 1.81 bits per heavy atom. The molecule has 3 rings (SSSR count). The first-order valence-corrected chi connectivity index (χ1v) is 7.53. The molecule has 0 bridgehead atoms. The van der Waals surface area contributed by atoms with Gasteiger partial charge in [0.15, 0.2) is 0 Å². The molecule has 112 valence electrons. The fourth-order valence-electron chi connectivity index (χ4n) is 3.23. The highest BCUT2D eigenvalue weighted by molar-refractivity contribution is 5.83. The average Bonchev–Trinajstić information content (AvgIpc) is 2.54. The van der Waals surface area contributed by atoms with E-state index < -0.39 is 0 Å².